The number of hydrogen-bond donors (Lipinski definition) is 4. The smallest absolute Gasteiger partial charge is 0.254 e. The number of thioether (sulfide) groups is 1. The van der Waals surface area contributed by atoms with Gasteiger partial charge in [0, 0.05) is 29.0 Å². The van der Waals surface area contributed by atoms with Crippen molar-refractivity contribution in [2.24, 2.45) is 5.73 Å². The maximum atomic E-state index is 12.1. The van der Waals surface area contributed by atoms with Crippen molar-refractivity contribution in [1.29, 1.82) is 0 Å². The van der Waals surface area contributed by atoms with Crippen LogP contribution in [-0.4, -0.2) is 59.5 Å². The number of nitrogens with two attached hydrogens (primary N) is 1. The molecule has 2 aromatic heterocycles. The number of piperidine rings is 1. The maximum absolute atomic E-state index is 12.1. The van der Waals surface area contributed by atoms with Gasteiger partial charge in [0.25, 0.3) is 5.91 Å². The van der Waals surface area contributed by atoms with E-state index in [1.807, 2.05) is 30.5 Å². The Bertz CT molecular complexity index is 1180. The van der Waals surface area contributed by atoms with E-state index in [0.29, 0.717) is 16.9 Å². The molecule has 1 saturated heterocycles. The predicted octanol–water partition coefficient (Wildman–Crippen LogP) is 2.74. The van der Waals surface area contributed by atoms with E-state index in [2.05, 4.69) is 69.1 Å². The molecule has 1 aromatic carbocycles. The number of primary amides is 1. The van der Waals surface area contributed by atoms with Crippen LogP contribution in [0.1, 0.15) is 50.9 Å². The Morgan fingerprint density at radius 2 is 1.97 bits per heavy atom. The van der Waals surface area contributed by atoms with Gasteiger partial charge in [-0.1, -0.05) is 17.8 Å². The Balaban J connectivity index is 1.59. The molecule has 3 aromatic rings. The summed E-state index contributed by atoms with van der Waals surface area (Å²) in [5.41, 5.74) is 7.29. The highest BCUT2D eigenvalue weighted by Crippen LogP contribution is 2.31. The largest absolute Gasteiger partial charge is 0.366 e. The number of anilines is 3. The molecule has 1 aliphatic rings. The van der Waals surface area contributed by atoms with Crippen LogP contribution in [0.3, 0.4) is 0 Å². The Morgan fingerprint density at radius 3 is 2.65 bits per heavy atom. The quantitative estimate of drug-likeness (QED) is 0.370. The monoisotopic (exact) mass is 482 g/mol. The van der Waals surface area contributed by atoms with Gasteiger partial charge in [0.05, 0.1) is 11.3 Å². The van der Waals surface area contributed by atoms with Crippen LogP contribution >= 0.6 is 11.8 Å². The molecule has 11 nitrogen and oxygen atoms in total. The van der Waals surface area contributed by atoms with E-state index < -0.39 is 5.91 Å². The van der Waals surface area contributed by atoms with Gasteiger partial charge in [-0.25, -0.2) is 4.98 Å². The number of nitrogens with one attached hydrogen (secondary N) is 3. The van der Waals surface area contributed by atoms with Crippen LogP contribution in [0, 0.1) is 0 Å². The third-order valence-corrected chi connectivity index (χ3v) is 6.18. The zero-order valence-electron chi connectivity index (χ0n) is 20.0. The summed E-state index contributed by atoms with van der Waals surface area (Å²) in [6.45, 7) is 8.69. The average Bonchev–Trinajstić information content (AvgIpc) is 3.20. The lowest BCUT2D eigenvalue weighted by Crippen LogP contribution is -2.60. The van der Waals surface area contributed by atoms with E-state index in [4.69, 9.17) is 5.73 Å². The van der Waals surface area contributed by atoms with Crippen molar-refractivity contribution in [3.63, 3.8) is 0 Å². The van der Waals surface area contributed by atoms with Gasteiger partial charge in [0.1, 0.15) is 5.82 Å². The molecule has 0 bridgehead atoms. The van der Waals surface area contributed by atoms with E-state index in [9.17, 15) is 4.79 Å². The van der Waals surface area contributed by atoms with Crippen molar-refractivity contribution in [2.75, 3.05) is 16.9 Å². The van der Waals surface area contributed by atoms with Gasteiger partial charge in [-0.15, -0.1) is 5.10 Å². The Hall–Kier alpha value is -3.25. The molecule has 4 rings (SSSR count). The average molecular weight is 483 g/mol. The number of rotatable bonds is 7. The lowest BCUT2D eigenvalue weighted by atomic mass is 9.79. The topological polar surface area (TPSA) is 149 Å². The second-order valence-electron chi connectivity index (χ2n) is 9.72. The second-order valence-corrected chi connectivity index (χ2v) is 10.5. The third kappa shape index (κ3) is 5.45. The predicted molar refractivity (Wildman–Crippen MR) is 133 cm³/mol. The van der Waals surface area contributed by atoms with Crippen molar-refractivity contribution in [3.05, 3.63) is 36.0 Å². The molecular formula is C22H30N10OS. The van der Waals surface area contributed by atoms with Crippen LogP contribution in [0.5, 0.6) is 0 Å². The molecule has 0 unspecified atom stereocenters. The van der Waals surface area contributed by atoms with Crippen molar-refractivity contribution in [3.8, 4) is 5.69 Å². The molecule has 1 aliphatic heterocycles. The van der Waals surface area contributed by atoms with Crippen LogP contribution in [0.15, 0.2) is 35.6 Å². The van der Waals surface area contributed by atoms with Crippen molar-refractivity contribution in [1.82, 2.24) is 35.5 Å². The first-order valence-electron chi connectivity index (χ1n) is 11.0. The van der Waals surface area contributed by atoms with Gasteiger partial charge in [-0.3, -0.25) is 4.79 Å². The molecule has 12 heteroatoms. The van der Waals surface area contributed by atoms with Gasteiger partial charge in [0.2, 0.25) is 11.1 Å². The minimum Gasteiger partial charge on any atom is -0.366 e. The van der Waals surface area contributed by atoms with E-state index in [1.165, 1.54) is 18.0 Å². The van der Waals surface area contributed by atoms with E-state index in [0.717, 1.165) is 24.2 Å². The Kier molecular flexibility index (Phi) is 6.45. The van der Waals surface area contributed by atoms with Crippen LogP contribution in [0.25, 0.3) is 5.69 Å². The highest BCUT2D eigenvalue weighted by Gasteiger charge is 2.38. The first-order chi connectivity index (χ1) is 16.0. The molecule has 0 spiro atoms. The Labute approximate surface area is 202 Å². The number of nitrogens with zero attached hydrogens (tertiary/aromatic N) is 6. The van der Waals surface area contributed by atoms with Crippen LogP contribution in [-0.2, 0) is 0 Å². The highest BCUT2D eigenvalue weighted by atomic mass is 32.2. The SMILES string of the molecule is CSc1nnnn1-c1cccc(Nc2ncc(C(N)=O)c(NC3CC(C)(C)NC(C)(C)C3)n2)c1. The molecule has 0 aliphatic carbocycles. The summed E-state index contributed by atoms with van der Waals surface area (Å²) in [4.78, 5) is 21.0. The number of tetrazole rings is 1. The number of carbonyl (C=O) groups excluding carboxylic acids is 1. The zero-order chi connectivity index (χ0) is 24.5. The normalized spacial score (nSPS) is 17.3. The molecule has 0 radical (unpaired) electrons. The van der Waals surface area contributed by atoms with Gasteiger partial charge < -0.3 is 21.7 Å². The van der Waals surface area contributed by atoms with Gasteiger partial charge >= 0.3 is 0 Å². The number of aromatic nitrogens is 6. The van der Waals surface area contributed by atoms with Crippen LogP contribution in [0.4, 0.5) is 17.5 Å². The maximum Gasteiger partial charge on any atom is 0.254 e. The highest BCUT2D eigenvalue weighted by molar-refractivity contribution is 7.98. The number of amides is 1. The van der Waals surface area contributed by atoms with E-state index in [-0.39, 0.29) is 22.7 Å². The van der Waals surface area contributed by atoms with Gasteiger partial charge in [-0.05, 0) is 75.4 Å². The summed E-state index contributed by atoms with van der Waals surface area (Å²) in [6.07, 6.45) is 5.10. The fourth-order valence-corrected chi connectivity index (χ4v) is 5.10. The van der Waals surface area contributed by atoms with Crippen molar-refractivity contribution < 1.29 is 4.79 Å². The number of hydrogen-bond acceptors (Lipinski definition) is 10. The fourth-order valence-electron chi connectivity index (χ4n) is 4.66. The first-order valence-corrected chi connectivity index (χ1v) is 12.2. The molecule has 1 fully saturated rings. The van der Waals surface area contributed by atoms with Crippen LogP contribution < -0.4 is 21.7 Å². The second kappa shape index (κ2) is 9.18. The summed E-state index contributed by atoms with van der Waals surface area (Å²) >= 11 is 1.45. The summed E-state index contributed by atoms with van der Waals surface area (Å²) in [7, 11) is 0. The van der Waals surface area contributed by atoms with Gasteiger partial charge in [0.15, 0.2) is 0 Å². The molecular weight excluding hydrogens is 452 g/mol. The Morgan fingerprint density at radius 1 is 1.24 bits per heavy atom. The van der Waals surface area contributed by atoms with Gasteiger partial charge in [-0.2, -0.15) is 9.67 Å². The molecule has 0 atom stereocenters. The molecule has 5 N–H and O–H groups in total. The standard InChI is InChI=1S/C22H30N10OS/c1-21(2)10-14(11-22(3,4)29-21)25-18-16(17(23)33)12-24-19(27-18)26-13-7-6-8-15(9-13)32-20(34-5)28-30-31-32/h6-9,12,14,29H,10-11H2,1-5H3,(H2,23,33)(H2,24,25,26,27). The lowest BCUT2D eigenvalue weighted by Gasteiger charge is -2.46. The summed E-state index contributed by atoms with van der Waals surface area (Å²) in [6, 6.07) is 7.70. The minimum atomic E-state index is -0.577. The molecule has 3 heterocycles. The summed E-state index contributed by atoms with van der Waals surface area (Å²) in [5.74, 6) is 0.190. The summed E-state index contributed by atoms with van der Waals surface area (Å²) < 4.78 is 1.65. The number of carbonyl (C=O) groups is 1. The molecule has 1 amide bonds. The van der Waals surface area contributed by atoms with Crippen molar-refractivity contribution >= 4 is 35.1 Å². The number of benzene rings is 1. The minimum absolute atomic E-state index is 0.0628. The fraction of sp³-hybridized carbons (Fsp3) is 0.455. The molecule has 180 valence electrons. The zero-order valence-corrected chi connectivity index (χ0v) is 20.8. The van der Waals surface area contributed by atoms with E-state index >= 15 is 0 Å². The van der Waals surface area contributed by atoms with Crippen LogP contribution in [0.2, 0.25) is 0 Å². The first kappa shape index (κ1) is 23.9. The summed E-state index contributed by atoms with van der Waals surface area (Å²) in [5, 5.41) is 22.8. The molecule has 0 saturated carbocycles. The van der Waals surface area contributed by atoms with E-state index in [1.54, 1.807) is 4.68 Å². The van der Waals surface area contributed by atoms with Crippen molar-refractivity contribution in [2.45, 2.75) is 62.8 Å². The lowest BCUT2D eigenvalue weighted by molar-refractivity contribution is 0.100. The molecule has 34 heavy (non-hydrogen) atoms. The third-order valence-electron chi connectivity index (χ3n) is 5.56.